The van der Waals surface area contributed by atoms with E-state index in [1.54, 1.807) is 18.3 Å². The Kier molecular flexibility index (Phi) is 2.76. The Morgan fingerprint density at radius 1 is 1.40 bits per heavy atom. The van der Waals surface area contributed by atoms with Gasteiger partial charge < -0.3 is 0 Å². The number of carbonyl (C=O) groups excluding carboxylic acids is 2. The van der Waals surface area contributed by atoms with Crippen LogP contribution in [0.25, 0.3) is 0 Å². The molecule has 0 spiro atoms. The summed E-state index contributed by atoms with van der Waals surface area (Å²) in [6.45, 7) is 0.534. The van der Waals surface area contributed by atoms with Gasteiger partial charge in [-0.2, -0.15) is 0 Å². The maximum atomic E-state index is 11.9. The molecule has 0 aromatic carbocycles. The van der Waals surface area contributed by atoms with E-state index < -0.39 is 0 Å². The highest BCUT2D eigenvalue weighted by molar-refractivity contribution is 6.04. The molecule has 0 bridgehead atoms. The second-order valence-electron chi connectivity index (χ2n) is 3.55. The molecule has 4 heteroatoms. The molecule has 1 aliphatic heterocycles. The Morgan fingerprint density at radius 3 is 2.93 bits per heavy atom. The maximum absolute atomic E-state index is 11.9. The maximum Gasteiger partial charge on any atom is 0.262 e. The average molecular weight is 204 g/mol. The summed E-state index contributed by atoms with van der Waals surface area (Å²) >= 11 is 0. The minimum Gasteiger partial charge on any atom is -0.278 e. The molecule has 0 aliphatic carbocycles. The summed E-state index contributed by atoms with van der Waals surface area (Å²) in [6, 6.07) is 3.37. The molecule has 0 unspecified atom stereocenters. The van der Waals surface area contributed by atoms with E-state index in [4.69, 9.17) is 0 Å². The number of likely N-dealkylation sites (tertiary alicyclic amines) is 1. The third-order valence-corrected chi connectivity index (χ3v) is 2.48. The van der Waals surface area contributed by atoms with Crippen molar-refractivity contribution in [2.45, 2.75) is 19.3 Å². The molecule has 1 aromatic heterocycles. The van der Waals surface area contributed by atoms with E-state index in [1.165, 1.54) is 11.1 Å². The van der Waals surface area contributed by atoms with Crippen molar-refractivity contribution in [1.29, 1.82) is 0 Å². The van der Waals surface area contributed by atoms with Crippen molar-refractivity contribution in [3.8, 4) is 0 Å². The lowest BCUT2D eigenvalue weighted by molar-refractivity contribution is -0.130. The van der Waals surface area contributed by atoms with Crippen molar-refractivity contribution in [3.05, 3.63) is 30.1 Å². The third kappa shape index (κ3) is 2.03. The van der Waals surface area contributed by atoms with Crippen molar-refractivity contribution >= 4 is 11.8 Å². The van der Waals surface area contributed by atoms with Gasteiger partial charge >= 0.3 is 0 Å². The molecule has 2 heterocycles. The van der Waals surface area contributed by atoms with Crippen LogP contribution in [0, 0.1) is 0 Å². The lowest BCUT2D eigenvalue weighted by atomic mass is 10.1. The number of pyridine rings is 1. The summed E-state index contributed by atoms with van der Waals surface area (Å²) in [7, 11) is 0. The Hall–Kier alpha value is -1.71. The van der Waals surface area contributed by atoms with Crippen LogP contribution in [0.15, 0.2) is 24.5 Å². The van der Waals surface area contributed by atoms with Crippen LogP contribution in [0.5, 0.6) is 0 Å². The normalized spacial score (nSPS) is 16.5. The first-order valence-electron chi connectivity index (χ1n) is 5.04. The third-order valence-electron chi connectivity index (χ3n) is 2.48. The van der Waals surface area contributed by atoms with E-state index in [2.05, 4.69) is 4.98 Å². The molecule has 1 aliphatic rings. The van der Waals surface area contributed by atoms with Crippen molar-refractivity contribution < 1.29 is 9.59 Å². The van der Waals surface area contributed by atoms with Crippen LogP contribution >= 0.6 is 0 Å². The molecule has 2 amide bonds. The number of aromatic nitrogens is 1. The zero-order valence-corrected chi connectivity index (χ0v) is 8.35. The van der Waals surface area contributed by atoms with E-state index in [1.807, 2.05) is 0 Å². The molecule has 0 N–H and O–H groups in total. The SMILES string of the molecule is O=C1CCCCN1C(=O)c1cccnc1. The summed E-state index contributed by atoms with van der Waals surface area (Å²) in [4.78, 5) is 28.6. The standard InChI is InChI=1S/C11H12N2O2/c14-10-5-1-2-7-13(10)11(15)9-4-3-6-12-8-9/h3-4,6,8H,1-2,5,7H2. The van der Waals surface area contributed by atoms with E-state index in [-0.39, 0.29) is 11.8 Å². The van der Waals surface area contributed by atoms with Crippen LogP contribution in [-0.2, 0) is 4.79 Å². The van der Waals surface area contributed by atoms with Gasteiger partial charge in [0.2, 0.25) is 5.91 Å². The second kappa shape index (κ2) is 4.21. The number of piperidine rings is 1. The summed E-state index contributed by atoms with van der Waals surface area (Å²) in [5.41, 5.74) is 0.479. The molecule has 2 rings (SSSR count). The molecule has 0 saturated carbocycles. The largest absolute Gasteiger partial charge is 0.278 e. The highest BCUT2D eigenvalue weighted by atomic mass is 16.2. The second-order valence-corrected chi connectivity index (χ2v) is 3.55. The Morgan fingerprint density at radius 2 is 2.27 bits per heavy atom. The fourth-order valence-electron chi connectivity index (χ4n) is 1.67. The summed E-state index contributed by atoms with van der Waals surface area (Å²) in [6.07, 6.45) is 5.36. The molecule has 4 nitrogen and oxygen atoms in total. The number of rotatable bonds is 1. The Bertz CT molecular complexity index is 375. The number of amides is 2. The monoisotopic (exact) mass is 204 g/mol. The zero-order valence-electron chi connectivity index (χ0n) is 8.35. The van der Waals surface area contributed by atoms with Gasteiger partial charge in [0.1, 0.15) is 0 Å². The lowest BCUT2D eigenvalue weighted by Crippen LogP contribution is -2.40. The zero-order chi connectivity index (χ0) is 10.7. The fourth-order valence-corrected chi connectivity index (χ4v) is 1.67. The van der Waals surface area contributed by atoms with Gasteiger partial charge in [0.15, 0.2) is 0 Å². The number of nitrogens with zero attached hydrogens (tertiary/aromatic N) is 2. The summed E-state index contributed by atoms with van der Waals surface area (Å²) < 4.78 is 0. The summed E-state index contributed by atoms with van der Waals surface area (Å²) in [5.74, 6) is -0.303. The van der Waals surface area contributed by atoms with Crippen LogP contribution in [0.3, 0.4) is 0 Å². The summed E-state index contributed by atoms with van der Waals surface area (Å²) in [5, 5.41) is 0. The van der Waals surface area contributed by atoms with Gasteiger partial charge in [0.25, 0.3) is 5.91 Å². The van der Waals surface area contributed by atoms with Gasteiger partial charge in [-0.3, -0.25) is 19.5 Å². The van der Waals surface area contributed by atoms with Crippen molar-refractivity contribution in [2.75, 3.05) is 6.54 Å². The number of hydrogen-bond donors (Lipinski definition) is 0. The van der Waals surface area contributed by atoms with Crippen molar-refractivity contribution in [2.24, 2.45) is 0 Å². The topological polar surface area (TPSA) is 50.3 Å². The van der Waals surface area contributed by atoms with Crippen LogP contribution in [-0.4, -0.2) is 28.2 Å². The Labute approximate surface area is 87.9 Å². The lowest BCUT2D eigenvalue weighted by Gasteiger charge is -2.24. The molecule has 0 atom stereocenters. The molecule has 1 fully saturated rings. The molecular weight excluding hydrogens is 192 g/mol. The first-order valence-corrected chi connectivity index (χ1v) is 5.04. The van der Waals surface area contributed by atoms with E-state index >= 15 is 0 Å². The minimum absolute atomic E-state index is 0.0740. The Balaban J connectivity index is 2.17. The smallest absolute Gasteiger partial charge is 0.262 e. The molecular formula is C11H12N2O2. The van der Waals surface area contributed by atoms with Crippen molar-refractivity contribution in [3.63, 3.8) is 0 Å². The van der Waals surface area contributed by atoms with E-state index in [0.29, 0.717) is 18.5 Å². The highest BCUT2D eigenvalue weighted by Crippen LogP contribution is 2.13. The average Bonchev–Trinajstić information content (AvgIpc) is 2.30. The van der Waals surface area contributed by atoms with Gasteiger partial charge in [-0.25, -0.2) is 0 Å². The predicted octanol–water partition coefficient (Wildman–Crippen LogP) is 1.23. The predicted molar refractivity (Wildman–Crippen MR) is 54.1 cm³/mol. The van der Waals surface area contributed by atoms with Crippen molar-refractivity contribution in [1.82, 2.24) is 9.88 Å². The fraction of sp³-hybridized carbons (Fsp3) is 0.364. The van der Waals surface area contributed by atoms with Gasteiger partial charge in [-0.05, 0) is 25.0 Å². The highest BCUT2D eigenvalue weighted by Gasteiger charge is 2.25. The molecule has 78 valence electrons. The molecule has 15 heavy (non-hydrogen) atoms. The molecule has 1 saturated heterocycles. The van der Waals surface area contributed by atoms with Gasteiger partial charge in [-0.15, -0.1) is 0 Å². The molecule has 0 radical (unpaired) electrons. The quantitative estimate of drug-likeness (QED) is 0.646. The van der Waals surface area contributed by atoms with Crippen LogP contribution in [0.4, 0.5) is 0 Å². The van der Waals surface area contributed by atoms with E-state index in [0.717, 1.165) is 12.8 Å². The molecule has 1 aromatic rings. The van der Waals surface area contributed by atoms with Crippen LogP contribution < -0.4 is 0 Å². The minimum atomic E-state index is -0.229. The first-order chi connectivity index (χ1) is 7.29. The number of carbonyl (C=O) groups is 2. The number of imide groups is 1. The van der Waals surface area contributed by atoms with Gasteiger partial charge in [0.05, 0.1) is 5.56 Å². The first kappa shape index (κ1) is 9.83. The van der Waals surface area contributed by atoms with Crippen LogP contribution in [0.2, 0.25) is 0 Å². The van der Waals surface area contributed by atoms with Crippen LogP contribution in [0.1, 0.15) is 29.6 Å². The van der Waals surface area contributed by atoms with E-state index in [9.17, 15) is 9.59 Å². The van der Waals surface area contributed by atoms with Gasteiger partial charge in [0, 0.05) is 25.4 Å². The van der Waals surface area contributed by atoms with Gasteiger partial charge in [-0.1, -0.05) is 0 Å². The number of hydrogen-bond acceptors (Lipinski definition) is 3.